The van der Waals surface area contributed by atoms with E-state index >= 15 is 0 Å². The lowest BCUT2D eigenvalue weighted by molar-refractivity contribution is 0.186. The molecule has 0 saturated carbocycles. The number of hydrogen-bond donors (Lipinski definition) is 1. The van der Waals surface area contributed by atoms with E-state index in [1.165, 1.54) is 0 Å². The highest BCUT2D eigenvalue weighted by molar-refractivity contribution is 4.91. The molecule has 86 valence electrons. The summed E-state index contributed by atoms with van der Waals surface area (Å²) in [5, 5.41) is 3.38. The Morgan fingerprint density at radius 2 is 2.33 bits per heavy atom. The predicted octanol–water partition coefficient (Wildman–Crippen LogP) is 1.28. The van der Waals surface area contributed by atoms with Gasteiger partial charge in [0.1, 0.15) is 5.82 Å². The Balaban J connectivity index is 2.35. The molecule has 0 aliphatic heterocycles. The van der Waals surface area contributed by atoms with Crippen LogP contribution in [0.5, 0.6) is 0 Å². The van der Waals surface area contributed by atoms with Gasteiger partial charge in [-0.3, -0.25) is 0 Å². The van der Waals surface area contributed by atoms with E-state index in [4.69, 9.17) is 4.74 Å². The van der Waals surface area contributed by atoms with Crippen LogP contribution in [0.1, 0.15) is 19.7 Å². The first-order valence-electron chi connectivity index (χ1n) is 5.43. The summed E-state index contributed by atoms with van der Waals surface area (Å²) in [6.45, 7) is 7.85. The molecule has 1 aromatic heterocycles. The molecule has 4 nitrogen and oxygen atoms in total. The summed E-state index contributed by atoms with van der Waals surface area (Å²) in [5.74, 6) is 1.75. The van der Waals surface area contributed by atoms with Gasteiger partial charge in [0.2, 0.25) is 0 Å². The third-order valence-electron chi connectivity index (χ3n) is 2.17. The number of ether oxygens (including phenoxy) is 1. The molecule has 0 bridgehead atoms. The van der Waals surface area contributed by atoms with Crippen LogP contribution in [-0.4, -0.2) is 29.8 Å². The van der Waals surface area contributed by atoms with Gasteiger partial charge >= 0.3 is 0 Å². The van der Waals surface area contributed by atoms with Crippen molar-refractivity contribution in [2.75, 3.05) is 20.3 Å². The summed E-state index contributed by atoms with van der Waals surface area (Å²) in [6, 6.07) is 0. The number of aromatic nitrogens is 2. The molecule has 1 aromatic rings. The Bertz CT molecular complexity index is 271. The standard InChI is InChI=1S/C11H21N3O/c1-10(2)8-12-9-11-13-4-5-14(11)6-7-15-3/h4-5,10,12H,6-9H2,1-3H3. The molecule has 0 amide bonds. The maximum Gasteiger partial charge on any atom is 0.122 e. The Kier molecular flexibility index (Phi) is 5.36. The van der Waals surface area contributed by atoms with Crippen molar-refractivity contribution >= 4 is 0 Å². The third kappa shape index (κ3) is 4.44. The molecule has 1 N–H and O–H groups in total. The minimum absolute atomic E-state index is 0.674. The van der Waals surface area contributed by atoms with Crippen LogP contribution >= 0.6 is 0 Å². The molecule has 4 heteroatoms. The first-order chi connectivity index (χ1) is 7.24. The Hall–Kier alpha value is -0.870. The van der Waals surface area contributed by atoms with E-state index in [2.05, 4.69) is 28.7 Å². The molecular formula is C11H21N3O. The maximum absolute atomic E-state index is 5.04. The lowest BCUT2D eigenvalue weighted by Crippen LogP contribution is -2.21. The van der Waals surface area contributed by atoms with Crippen LogP contribution in [-0.2, 0) is 17.8 Å². The van der Waals surface area contributed by atoms with Crippen LogP contribution in [0.2, 0.25) is 0 Å². The van der Waals surface area contributed by atoms with Gasteiger partial charge in [0.15, 0.2) is 0 Å². The topological polar surface area (TPSA) is 39.1 Å². The van der Waals surface area contributed by atoms with Gasteiger partial charge in [-0.25, -0.2) is 4.98 Å². The number of nitrogens with one attached hydrogen (secondary N) is 1. The van der Waals surface area contributed by atoms with Gasteiger partial charge in [-0.1, -0.05) is 13.8 Å². The van der Waals surface area contributed by atoms with Crippen molar-refractivity contribution in [3.8, 4) is 0 Å². The highest BCUT2D eigenvalue weighted by Crippen LogP contribution is 1.98. The van der Waals surface area contributed by atoms with Crippen molar-refractivity contribution in [3.63, 3.8) is 0 Å². The fourth-order valence-electron chi connectivity index (χ4n) is 1.37. The van der Waals surface area contributed by atoms with Crippen molar-refractivity contribution in [1.82, 2.24) is 14.9 Å². The third-order valence-corrected chi connectivity index (χ3v) is 2.17. The van der Waals surface area contributed by atoms with Gasteiger partial charge in [-0.05, 0) is 12.5 Å². The molecule has 0 spiro atoms. The van der Waals surface area contributed by atoms with Gasteiger partial charge in [0, 0.05) is 26.0 Å². The SMILES string of the molecule is COCCn1ccnc1CNCC(C)C. The minimum Gasteiger partial charge on any atom is -0.383 e. The molecule has 0 saturated heterocycles. The monoisotopic (exact) mass is 211 g/mol. The highest BCUT2D eigenvalue weighted by atomic mass is 16.5. The second-order valence-electron chi connectivity index (χ2n) is 4.05. The smallest absolute Gasteiger partial charge is 0.122 e. The number of methoxy groups -OCH3 is 1. The molecule has 0 radical (unpaired) electrons. The molecule has 0 aliphatic carbocycles. The average molecular weight is 211 g/mol. The molecule has 0 fully saturated rings. The Morgan fingerprint density at radius 1 is 1.53 bits per heavy atom. The zero-order valence-corrected chi connectivity index (χ0v) is 9.86. The minimum atomic E-state index is 0.674. The molecule has 15 heavy (non-hydrogen) atoms. The van der Waals surface area contributed by atoms with E-state index < -0.39 is 0 Å². The first-order valence-corrected chi connectivity index (χ1v) is 5.43. The van der Waals surface area contributed by atoms with E-state index in [-0.39, 0.29) is 0 Å². The van der Waals surface area contributed by atoms with Crippen LogP contribution in [0, 0.1) is 5.92 Å². The molecular weight excluding hydrogens is 190 g/mol. The quantitative estimate of drug-likeness (QED) is 0.738. The number of nitrogens with zero attached hydrogens (tertiary/aromatic N) is 2. The molecule has 0 atom stereocenters. The second kappa shape index (κ2) is 6.58. The first kappa shape index (κ1) is 12.2. The summed E-state index contributed by atoms with van der Waals surface area (Å²) in [6.07, 6.45) is 3.83. The van der Waals surface area contributed by atoms with Crippen LogP contribution in [0.4, 0.5) is 0 Å². The zero-order valence-electron chi connectivity index (χ0n) is 9.86. The molecule has 0 unspecified atom stereocenters. The van der Waals surface area contributed by atoms with E-state index in [0.29, 0.717) is 5.92 Å². The van der Waals surface area contributed by atoms with Crippen molar-refractivity contribution in [3.05, 3.63) is 18.2 Å². The summed E-state index contributed by atoms with van der Waals surface area (Å²) in [7, 11) is 1.72. The van der Waals surface area contributed by atoms with Crippen LogP contribution in [0.3, 0.4) is 0 Å². The van der Waals surface area contributed by atoms with Crippen molar-refractivity contribution in [2.24, 2.45) is 5.92 Å². The highest BCUT2D eigenvalue weighted by Gasteiger charge is 2.02. The summed E-state index contributed by atoms with van der Waals surface area (Å²) >= 11 is 0. The number of rotatable bonds is 7. The molecule has 1 rings (SSSR count). The van der Waals surface area contributed by atoms with Gasteiger partial charge < -0.3 is 14.6 Å². The fourth-order valence-corrected chi connectivity index (χ4v) is 1.37. The van der Waals surface area contributed by atoms with Crippen molar-refractivity contribution in [2.45, 2.75) is 26.9 Å². The zero-order chi connectivity index (χ0) is 11.1. The second-order valence-corrected chi connectivity index (χ2v) is 4.05. The van der Waals surface area contributed by atoms with E-state index in [0.717, 1.165) is 32.1 Å². The predicted molar refractivity (Wildman–Crippen MR) is 60.6 cm³/mol. The molecule has 0 aromatic carbocycles. The summed E-state index contributed by atoms with van der Waals surface area (Å²) in [5.41, 5.74) is 0. The van der Waals surface area contributed by atoms with E-state index in [1.54, 1.807) is 7.11 Å². The Labute approximate surface area is 91.7 Å². The normalized spacial score (nSPS) is 11.2. The summed E-state index contributed by atoms with van der Waals surface area (Å²) in [4.78, 5) is 4.31. The van der Waals surface area contributed by atoms with E-state index in [9.17, 15) is 0 Å². The number of hydrogen-bond acceptors (Lipinski definition) is 3. The lowest BCUT2D eigenvalue weighted by Gasteiger charge is -2.09. The Morgan fingerprint density at radius 3 is 3.00 bits per heavy atom. The van der Waals surface area contributed by atoms with Gasteiger partial charge in [-0.15, -0.1) is 0 Å². The summed E-state index contributed by atoms with van der Waals surface area (Å²) < 4.78 is 7.17. The average Bonchev–Trinajstić information content (AvgIpc) is 2.62. The maximum atomic E-state index is 5.04. The largest absolute Gasteiger partial charge is 0.383 e. The molecule has 0 aliphatic rings. The van der Waals surface area contributed by atoms with Gasteiger partial charge in [0.05, 0.1) is 13.2 Å². The lowest BCUT2D eigenvalue weighted by atomic mass is 10.2. The van der Waals surface area contributed by atoms with Gasteiger partial charge in [0.25, 0.3) is 0 Å². The van der Waals surface area contributed by atoms with Crippen molar-refractivity contribution < 1.29 is 4.74 Å². The van der Waals surface area contributed by atoms with Crippen LogP contribution in [0.15, 0.2) is 12.4 Å². The number of imidazole rings is 1. The van der Waals surface area contributed by atoms with Crippen LogP contribution < -0.4 is 5.32 Å². The fraction of sp³-hybridized carbons (Fsp3) is 0.727. The van der Waals surface area contributed by atoms with Gasteiger partial charge in [-0.2, -0.15) is 0 Å². The van der Waals surface area contributed by atoms with E-state index in [1.807, 2.05) is 12.4 Å². The molecule has 1 heterocycles. The van der Waals surface area contributed by atoms with Crippen molar-refractivity contribution in [1.29, 1.82) is 0 Å². The van der Waals surface area contributed by atoms with Crippen LogP contribution in [0.25, 0.3) is 0 Å².